The van der Waals surface area contributed by atoms with Crippen molar-refractivity contribution in [3.8, 4) is 11.1 Å². The van der Waals surface area contributed by atoms with Gasteiger partial charge in [-0.3, -0.25) is 0 Å². The SMILES string of the molecule is O=C(O)c1cccc2c1C(CCCCCBr)c1ccccc1-2. The fourth-order valence-corrected chi connectivity index (χ4v) is 3.88. The standard InChI is InChI=1S/C19H19BrO2/c20-12-5-1-2-9-15-13-7-3-4-8-14(13)16-10-6-11-17(18(15)16)19(21)22/h3-4,6-8,10-11,15H,1-2,5,9,12H2,(H,21,22). The molecule has 2 aromatic rings. The Kier molecular flexibility index (Phi) is 4.63. The summed E-state index contributed by atoms with van der Waals surface area (Å²) in [6.07, 6.45) is 4.48. The normalized spacial score (nSPS) is 15.4. The molecule has 3 heteroatoms. The Balaban J connectivity index is 2.01. The quantitative estimate of drug-likeness (QED) is 0.550. The Labute approximate surface area is 139 Å². The summed E-state index contributed by atoms with van der Waals surface area (Å²) in [5, 5.41) is 10.6. The number of alkyl halides is 1. The highest BCUT2D eigenvalue weighted by Gasteiger charge is 2.31. The van der Waals surface area contributed by atoms with Crippen LogP contribution in [0.25, 0.3) is 11.1 Å². The van der Waals surface area contributed by atoms with E-state index in [1.807, 2.05) is 12.1 Å². The molecule has 0 fully saturated rings. The summed E-state index contributed by atoms with van der Waals surface area (Å²) in [5.74, 6) is -0.607. The Hall–Kier alpha value is -1.61. The molecule has 1 aliphatic rings. The van der Waals surface area contributed by atoms with E-state index in [2.05, 4.69) is 40.2 Å². The van der Waals surface area contributed by atoms with Gasteiger partial charge in [-0.25, -0.2) is 4.79 Å². The maximum atomic E-state index is 11.6. The van der Waals surface area contributed by atoms with Crippen molar-refractivity contribution in [1.29, 1.82) is 0 Å². The molecule has 0 bridgehead atoms. The second kappa shape index (κ2) is 6.66. The van der Waals surface area contributed by atoms with Crippen LogP contribution >= 0.6 is 15.9 Å². The third kappa shape index (κ3) is 2.70. The molecule has 2 nitrogen and oxygen atoms in total. The Bertz CT molecular complexity index is 694. The number of fused-ring (bicyclic) bond motifs is 3. The van der Waals surface area contributed by atoms with Crippen molar-refractivity contribution < 1.29 is 9.90 Å². The van der Waals surface area contributed by atoms with Gasteiger partial charge in [0.25, 0.3) is 0 Å². The largest absolute Gasteiger partial charge is 0.478 e. The van der Waals surface area contributed by atoms with E-state index >= 15 is 0 Å². The number of aromatic carboxylic acids is 1. The Morgan fingerprint density at radius 3 is 2.55 bits per heavy atom. The van der Waals surface area contributed by atoms with Crippen molar-refractivity contribution in [3.05, 3.63) is 59.2 Å². The molecular formula is C19H19BrO2. The maximum Gasteiger partial charge on any atom is 0.336 e. The van der Waals surface area contributed by atoms with Crippen molar-refractivity contribution >= 4 is 21.9 Å². The molecule has 1 N–H and O–H groups in total. The van der Waals surface area contributed by atoms with E-state index in [-0.39, 0.29) is 5.92 Å². The highest BCUT2D eigenvalue weighted by Crippen LogP contribution is 2.48. The van der Waals surface area contributed by atoms with Crippen LogP contribution in [0.5, 0.6) is 0 Å². The molecule has 0 amide bonds. The van der Waals surface area contributed by atoms with Gasteiger partial charge in [0, 0.05) is 11.2 Å². The van der Waals surface area contributed by atoms with Gasteiger partial charge in [0.1, 0.15) is 0 Å². The molecule has 1 aliphatic carbocycles. The molecule has 3 rings (SSSR count). The van der Waals surface area contributed by atoms with Gasteiger partial charge in [-0.05, 0) is 41.2 Å². The van der Waals surface area contributed by atoms with Crippen molar-refractivity contribution in [3.63, 3.8) is 0 Å². The number of carboxylic acid groups (broad SMARTS) is 1. The third-order valence-electron chi connectivity index (χ3n) is 4.44. The second-order valence-corrected chi connectivity index (χ2v) is 6.54. The van der Waals surface area contributed by atoms with E-state index in [1.165, 1.54) is 24.0 Å². The summed E-state index contributed by atoms with van der Waals surface area (Å²) in [4.78, 5) is 11.6. The minimum absolute atomic E-state index is 0.217. The zero-order valence-electron chi connectivity index (χ0n) is 12.4. The van der Waals surface area contributed by atoms with Crippen LogP contribution in [0, 0.1) is 0 Å². The van der Waals surface area contributed by atoms with Gasteiger partial charge in [-0.15, -0.1) is 0 Å². The van der Waals surface area contributed by atoms with Gasteiger partial charge in [0.2, 0.25) is 0 Å². The average Bonchev–Trinajstić information content (AvgIpc) is 2.86. The second-order valence-electron chi connectivity index (χ2n) is 5.75. The molecule has 0 saturated heterocycles. The van der Waals surface area contributed by atoms with Crippen LogP contribution in [-0.4, -0.2) is 16.4 Å². The molecule has 1 atom stereocenters. The third-order valence-corrected chi connectivity index (χ3v) is 5.00. The summed E-state index contributed by atoms with van der Waals surface area (Å²) in [6.45, 7) is 0. The highest BCUT2D eigenvalue weighted by molar-refractivity contribution is 9.09. The van der Waals surface area contributed by atoms with Gasteiger partial charge >= 0.3 is 5.97 Å². The van der Waals surface area contributed by atoms with Crippen LogP contribution < -0.4 is 0 Å². The van der Waals surface area contributed by atoms with Crippen molar-refractivity contribution in [1.82, 2.24) is 0 Å². The lowest BCUT2D eigenvalue weighted by atomic mass is 9.88. The Morgan fingerprint density at radius 1 is 1.00 bits per heavy atom. The van der Waals surface area contributed by atoms with E-state index in [0.717, 1.165) is 29.3 Å². The van der Waals surface area contributed by atoms with Crippen molar-refractivity contribution in [2.45, 2.75) is 31.6 Å². The van der Waals surface area contributed by atoms with Crippen LogP contribution in [-0.2, 0) is 0 Å². The van der Waals surface area contributed by atoms with Gasteiger partial charge < -0.3 is 5.11 Å². The van der Waals surface area contributed by atoms with Crippen LogP contribution in [0.1, 0.15) is 53.1 Å². The monoisotopic (exact) mass is 358 g/mol. The maximum absolute atomic E-state index is 11.6. The van der Waals surface area contributed by atoms with Gasteiger partial charge in [0.05, 0.1) is 5.56 Å². The molecule has 0 aliphatic heterocycles. The fraction of sp³-hybridized carbons (Fsp3) is 0.316. The lowest BCUT2D eigenvalue weighted by Crippen LogP contribution is -2.06. The fourth-order valence-electron chi connectivity index (χ4n) is 3.48. The highest BCUT2D eigenvalue weighted by atomic mass is 79.9. The molecule has 1 unspecified atom stereocenters. The number of hydrogen-bond acceptors (Lipinski definition) is 1. The molecule has 0 saturated carbocycles. The topological polar surface area (TPSA) is 37.3 Å². The lowest BCUT2D eigenvalue weighted by Gasteiger charge is -2.15. The number of benzene rings is 2. The minimum atomic E-state index is -0.824. The zero-order valence-corrected chi connectivity index (χ0v) is 14.0. The predicted molar refractivity (Wildman–Crippen MR) is 92.9 cm³/mol. The van der Waals surface area contributed by atoms with E-state index in [4.69, 9.17) is 0 Å². The molecule has 0 spiro atoms. The number of rotatable bonds is 6. The van der Waals surface area contributed by atoms with Crippen LogP contribution in [0.2, 0.25) is 0 Å². The molecule has 114 valence electrons. The lowest BCUT2D eigenvalue weighted by molar-refractivity contribution is 0.0695. The Morgan fingerprint density at radius 2 is 1.77 bits per heavy atom. The van der Waals surface area contributed by atoms with E-state index < -0.39 is 5.97 Å². The minimum Gasteiger partial charge on any atom is -0.478 e. The number of hydrogen-bond donors (Lipinski definition) is 1. The van der Waals surface area contributed by atoms with Crippen molar-refractivity contribution in [2.75, 3.05) is 5.33 Å². The summed E-state index contributed by atoms with van der Waals surface area (Å²) >= 11 is 3.47. The molecule has 0 aromatic heterocycles. The number of carboxylic acids is 1. The van der Waals surface area contributed by atoms with E-state index in [9.17, 15) is 9.90 Å². The van der Waals surface area contributed by atoms with Crippen molar-refractivity contribution in [2.24, 2.45) is 0 Å². The molecular weight excluding hydrogens is 340 g/mol. The number of carbonyl (C=O) groups is 1. The van der Waals surface area contributed by atoms with Gasteiger partial charge in [-0.1, -0.05) is 65.2 Å². The van der Waals surface area contributed by atoms with Crippen LogP contribution in [0.4, 0.5) is 0 Å². The summed E-state index contributed by atoms with van der Waals surface area (Å²) in [5.41, 5.74) is 5.05. The molecule has 0 heterocycles. The summed E-state index contributed by atoms with van der Waals surface area (Å²) in [6, 6.07) is 14.0. The molecule has 22 heavy (non-hydrogen) atoms. The predicted octanol–water partition coefficient (Wildman–Crippen LogP) is 5.45. The summed E-state index contributed by atoms with van der Waals surface area (Å²) in [7, 11) is 0. The first-order valence-electron chi connectivity index (χ1n) is 7.75. The molecule has 2 aromatic carbocycles. The number of halogens is 1. The summed E-state index contributed by atoms with van der Waals surface area (Å²) < 4.78 is 0. The average molecular weight is 359 g/mol. The van der Waals surface area contributed by atoms with Crippen LogP contribution in [0.3, 0.4) is 0 Å². The smallest absolute Gasteiger partial charge is 0.336 e. The van der Waals surface area contributed by atoms with Crippen LogP contribution in [0.15, 0.2) is 42.5 Å². The van der Waals surface area contributed by atoms with Gasteiger partial charge in [-0.2, -0.15) is 0 Å². The first-order chi connectivity index (χ1) is 10.7. The zero-order chi connectivity index (χ0) is 15.5. The van der Waals surface area contributed by atoms with Gasteiger partial charge in [0.15, 0.2) is 0 Å². The van der Waals surface area contributed by atoms with E-state index in [1.54, 1.807) is 6.07 Å². The number of unbranched alkanes of at least 4 members (excludes halogenated alkanes) is 2. The molecule has 0 radical (unpaired) electrons. The first-order valence-corrected chi connectivity index (χ1v) is 8.87. The van der Waals surface area contributed by atoms with E-state index in [0.29, 0.717) is 5.56 Å². The first kappa shape index (κ1) is 15.3.